The normalized spacial score (nSPS) is 24.6. The number of amides is 2. The van der Waals surface area contributed by atoms with Crippen LogP contribution in [0.5, 0.6) is 0 Å². The van der Waals surface area contributed by atoms with E-state index in [0.29, 0.717) is 0 Å². The summed E-state index contributed by atoms with van der Waals surface area (Å²) < 4.78 is 0. The minimum atomic E-state index is -0.733. The third-order valence-electron chi connectivity index (χ3n) is 3.14. The first kappa shape index (κ1) is 12.8. The first-order valence-corrected chi connectivity index (χ1v) is 5.77. The van der Waals surface area contributed by atoms with Gasteiger partial charge in [0.05, 0.1) is 6.04 Å². The minimum Gasteiger partial charge on any atom is -0.481 e. The summed E-state index contributed by atoms with van der Waals surface area (Å²) in [6.07, 6.45) is 3.80. The number of carboxylic acids is 1. The van der Waals surface area contributed by atoms with Gasteiger partial charge in [0.25, 0.3) is 0 Å². The van der Waals surface area contributed by atoms with Crippen molar-refractivity contribution in [1.29, 1.82) is 0 Å². The summed E-state index contributed by atoms with van der Waals surface area (Å²) in [7, 11) is 1.81. The molecular weight excluding hydrogens is 208 g/mol. The predicted molar refractivity (Wildman–Crippen MR) is 60.3 cm³/mol. The van der Waals surface area contributed by atoms with Crippen molar-refractivity contribution in [3.63, 3.8) is 0 Å². The number of aliphatic carboxylic acids is 1. The van der Waals surface area contributed by atoms with Gasteiger partial charge in [-0.05, 0) is 19.8 Å². The third-order valence-corrected chi connectivity index (χ3v) is 3.14. The minimum absolute atomic E-state index is 0.0111. The van der Waals surface area contributed by atoms with E-state index in [-0.39, 0.29) is 24.5 Å². The molecule has 1 rings (SSSR count). The molecule has 0 aromatic rings. The van der Waals surface area contributed by atoms with E-state index >= 15 is 0 Å². The van der Waals surface area contributed by atoms with Gasteiger partial charge in [0, 0.05) is 19.5 Å². The van der Waals surface area contributed by atoms with E-state index in [4.69, 9.17) is 5.11 Å². The Morgan fingerprint density at radius 1 is 1.44 bits per heavy atom. The van der Waals surface area contributed by atoms with Crippen molar-refractivity contribution in [2.45, 2.75) is 51.1 Å². The summed E-state index contributed by atoms with van der Waals surface area (Å²) in [5.41, 5.74) is 0. The Morgan fingerprint density at radius 2 is 2.12 bits per heavy atom. The molecule has 0 saturated carbocycles. The number of carboxylic acid groups (broad SMARTS) is 1. The number of carbonyl (C=O) groups excluding carboxylic acids is 1. The van der Waals surface area contributed by atoms with Crippen LogP contribution in [0.15, 0.2) is 0 Å². The number of nitrogens with one attached hydrogen (secondary N) is 1. The highest BCUT2D eigenvalue weighted by Crippen LogP contribution is 2.17. The van der Waals surface area contributed by atoms with Crippen LogP contribution < -0.4 is 5.32 Å². The van der Waals surface area contributed by atoms with E-state index in [1.807, 2.05) is 6.92 Å². The molecule has 0 spiro atoms. The van der Waals surface area contributed by atoms with Gasteiger partial charge in [-0.2, -0.15) is 0 Å². The lowest BCUT2D eigenvalue weighted by Gasteiger charge is -2.20. The third kappa shape index (κ3) is 3.40. The van der Waals surface area contributed by atoms with Crippen LogP contribution in [0.25, 0.3) is 0 Å². The largest absolute Gasteiger partial charge is 0.481 e. The molecule has 1 fully saturated rings. The second kappa shape index (κ2) is 5.72. The summed E-state index contributed by atoms with van der Waals surface area (Å²) in [6, 6.07) is 0.428. The summed E-state index contributed by atoms with van der Waals surface area (Å²) in [5.74, 6) is -0.733. The maximum atomic E-state index is 11.3. The summed E-state index contributed by atoms with van der Waals surface area (Å²) >= 11 is 0. The average molecular weight is 228 g/mol. The molecule has 92 valence electrons. The molecule has 0 bridgehead atoms. The fourth-order valence-electron chi connectivity index (χ4n) is 2.13. The second-order valence-electron chi connectivity index (χ2n) is 4.41. The van der Waals surface area contributed by atoms with Crippen molar-refractivity contribution in [1.82, 2.24) is 10.2 Å². The number of hydrogen-bond acceptors (Lipinski definition) is 2. The quantitative estimate of drug-likeness (QED) is 0.676. The van der Waals surface area contributed by atoms with Crippen LogP contribution >= 0.6 is 0 Å². The zero-order valence-corrected chi connectivity index (χ0v) is 9.90. The van der Waals surface area contributed by atoms with Crippen LogP contribution in [0.4, 0.5) is 4.79 Å². The smallest absolute Gasteiger partial charge is 0.317 e. The van der Waals surface area contributed by atoms with Crippen LogP contribution in [-0.4, -0.2) is 41.1 Å². The van der Waals surface area contributed by atoms with Gasteiger partial charge in [-0.1, -0.05) is 12.8 Å². The highest BCUT2D eigenvalue weighted by molar-refractivity contribution is 5.77. The molecule has 0 unspecified atom stereocenters. The van der Waals surface area contributed by atoms with E-state index in [2.05, 4.69) is 5.32 Å². The lowest BCUT2D eigenvalue weighted by Crippen LogP contribution is -2.32. The molecule has 0 radical (unpaired) electrons. The van der Waals surface area contributed by atoms with Crippen molar-refractivity contribution < 1.29 is 14.7 Å². The van der Waals surface area contributed by atoms with Crippen molar-refractivity contribution in [3.05, 3.63) is 0 Å². The molecule has 0 aliphatic carbocycles. The van der Waals surface area contributed by atoms with Crippen LogP contribution in [0.1, 0.15) is 39.0 Å². The number of hydrogen-bond donors (Lipinski definition) is 2. The zero-order chi connectivity index (χ0) is 12.1. The van der Waals surface area contributed by atoms with Gasteiger partial charge >= 0.3 is 12.0 Å². The fourth-order valence-corrected chi connectivity index (χ4v) is 2.13. The molecule has 0 aromatic heterocycles. The first-order valence-electron chi connectivity index (χ1n) is 5.77. The molecule has 1 heterocycles. The van der Waals surface area contributed by atoms with Crippen molar-refractivity contribution in [2.24, 2.45) is 0 Å². The van der Waals surface area contributed by atoms with Crippen LogP contribution in [0, 0.1) is 0 Å². The van der Waals surface area contributed by atoms with E-state index in [1.165, 1.54) is 0 Å². The number of urea groups is 1. The monoisotopic (exact) mass is 228 g/mol. The molecule has 1 aliphatic rings. The van der Waals surface area contributed by atoms with Gasteiger partial charge in [-0.3, -0.25) is 4.79 Å². The van der Waals surface area contributed by atoms with Crippen molar-refractivity contribution in [2.75, 3.05) is 7.05 Å². The second-order valence-corrected chi connectivity index (χ2v) is 4.41. The van der Waals surface area contributed by atoms with Gasteiger partial charge < -0.3 is 15.3 Å². The molecule has 1 aliphatic heterocycles. The molecule has 16 heavy (non-hydrogen) atoms. The molecule has 2 N–H and O–H groups in total. The number of rotatable bonds is 6. The van der Waals surface area contributed by atoms with Crippen LogP contribution in [0.3, 0.4) is 0 Å². The van der Waals surface area contributed by atoms with Gasteiger partial charge in [-0.25, -0.2) is 4.79 Å². The molecule has 2 atom stereocenters. The Hall–Kier alpha value is -1.26. The SMILES string of the molecule is C[C@@H]1NC(=O)N(C)[C@@H]1CCCCCC(=O)O. The average Bonchev–Trinajstić information content (AvgIpc) is 2.43. The molecule has 1 saturated heterocycles. The lowest BCUT2D eigenvalue weighted by molar-refractivity contribution is -0.137. The van der Waals surface area contributed by atoms with E-state index in [1.54, 1.807) is 11.9 Å². The highest BCUT2D eigenvalue weighted by Gasteiger charge is 2.32. The zero-order valence-electron chi connectivity index (χ0n) is 9.90. The number of unbranched alkanes of at least 4 members (excludes halogenated alkanes) is 2. The molecule has 2 amide bonds. The topological polar surface area (TPSA) is 69.6 Å². The van der Waals surface area contributed by atoms with E-state index < -0.39 is 5.97 Å². The number of likely N-dealkylation sites (N-methyl/N-ethyl adjacent to an activating group) is 1. The van der Waals surface area contributed by atoms with Crippen LogP contribution in [0.2, 0.25) is 0 Å². The molecule has 5 heteroatoms. The molecular formula is C11H20N2O3. The van der Waals surface area contributed by atoms with Crippen molar-refractivity contribution in [3.8, 4) is 0 Å². The first-order chi connectivity index (χ1) is 7.52. The maximum Gasteiger partial charge on any atom is 0.317 e. The Labute approximate surface area is 95.8 Å². The lowest BCUT2D eigenvalue weighted by atomic mass is 10.0. The van der Waals surface area contributed by atoms with Gasteiger partial charge in [-0.15, -0.1) is 0 Å². The van der Waals surface area contributed by atoms with Crippen LogP contribution in [-0.2, 0) is 4.79 Å². The van der Waals surface area contributed by atoms with E-state index in [0.717, 1.165) is 25.7 Å². The number of carbonyl (C=O) groups is 2. The van der Waals surface area contributed by atoms with Gasteiger partial charge in [0.1, 0.15) is 0 Å². The van der Waals surface area contributed by atoms with Crippen molar-refractivity contribution >= 4 is 12.0 Å². The van der Waals surface area contributed by atoms with Gasteiger partial charge in [0.2, 0.25) is 0 Å². The van der Waals surface area contributed by atoms with E-state index in [9.17, 15) is 9.59 Å². The Bertz CT molecular complexity index is 268. The summed E-state index contributed by atoms with van der Waals surface area (Å²) in [4.78, 5) is 23.4. The summed E-state index contributed by atoms with van der Waals surface area (Å²) in [5, 5.41) is 11.3. The fraction of sp³-hybridized carbons (Fsp3) is 0.818. The molecule has 0 aromatic carbocycles. The Morgan fingerprint density at radius 3 is 2.62 bits per heavy atom. The standard InChI is InChI=1S/C11H20N2O3/c1-8-9(13(2)11(16)12-8)6-4-3-5-7-10(14)15/h8-9H,3-7H2,1-2H3,(H,12,16)(H,14,15)/t8-,9+/m0/s1. The molecule has 5 nitrogen and oxygen atoms in total. The summed E-state index contributed by atoms with van der Waals surface area (Å²) in [6.45, 7) is 2.00. The highest BCUT2D eigenvalue weighted by atomic mass is 16.4. The maximum absolute atomic E-state index is 11.3. The number of nitrogens with zero attached hydrogens (tertiary/aromatic N) is 1. The van der Waals surface area contributed by atoms with Gasteiger partial charge in [0.15, 0.2) is 0 Å². The Kier molecular flexibility index (Phi) is 4.58. The Balaban J connectivity index is 2.17. The predicted octanol–water partition coefficient (Wildman–Crippen LogP) is 1.43.